The van der Waals surface area contributed by atoms with Crippen molar-refractivity contribution in [2.45, 2.75) is 12.6 Å². The Morgan fingerprint density at radius 3 is 2.79 bits per heavy atom. The summed E-state index contributed by atoms with van der Waals surface area (Å²) in [6.45, 7) is 3.78. The number of carbonyl (C=O) groups is 1. The lowest BCUT2D eigenvalue weighted by Gasteiger charge is -2.27. The van der Waals surface area contributed by atoms with Crippen LogP contribution in [0.2, 0.25) is 5.02 Å². The molecule has 1 amide bonds. The summed E-state index contributed by atoms with van der Waals surface area (Å²) in [6, 6.07) is 11.5. The van der Waals surface area contributed by atoms with Crippen LogP contribution in [0, 0.1) is 5.82 Å². The zero-order valence-electron chi connectivity index (χ0n) is 16.0. The zero-order valence-corrected chi connectivity index (χ0v) is 16.7. The van der Waals surface area contributed by atoms with Crippen LogP contribution >= 0.6 is 11.6 Å². The van der Waals surface area contributed by atoms with Crippen LogP contribution in [0.15, 0.2) is 48.5 Å². The number of halogens is 2. The SMILES string of the molecule is O=C(C=Cc1ccc(Cl)cc1F)N[C@@H](CO)c1cccc(CN2CCOCC2)c1. The summed E-state index contributed by atoms with van der Waals surface area (Å²) < 4.78 is 19.2. The number of amides is 1. The van der Waals surface area contributed by atoms with Crippen LogP contribution in [-0.2, 0) is 16.1 Å². The van der Waals surface area contributed by atoms with Crippen molar-refractivity contribution in [3.63, 3.8) is 0 Å². The minimum absolute atomic E-state index is 0.240. The van der Waals surface area contributed by atoms with E-state index in [9.17, 15) is 14.3 Å². The summed E-state index contributed by atoms with van der Waals surface area (Å²) in [5.41, 5.74) is 2.19. The first-order valence-electron chi connectivity index (χ1n) is 9.48. The molecule has 0 radical (unpaired) electrons. The fourth-order valence-electron chi connectivity index (χ4n) is 3.18. The van der Waals surface area contributed by atoms with Gasteiger partial charge in [0.1, 0.15) is 5.82 Å². The lowest BCUT2D eigenvalue weighted by Crippen LogP contribution is -2.35. The Morgan fingerprint density at radius 2 is 2.07 bits per heavy atom. The maximum absolute atomic E-state index is 13.8. The van der Waals surface area contributed by atoms with Crippen molar-refractivity contribution < 1.29 is 19.0 Å². The lowest BCUT2D eigenvalue weighted by molar-refractivity contribution is -0.117. The Hall–Kier alpha value is -2.25. The molecule has 2 N–H and O–H groups in total. The van der Waals surface area contributed by atoms with E-state index >= 15 is 0 Å². The van der Waals surface area contributed by atoms with E-state index in [-0.39, 0.29) is 12.2 Å². The number of hydrogen-bond donors (Lipinski definition) is 2. The molecule has 7 heteroatoms. The number of nitrogens with one attached hydrogen (secondary N) is 1. The van der Waals surface area contributed by atoms with Crippen molar-refractivity contribution in [3.8, 4) is 0 Å². The van der Waals surface area contributed by atoms with Crippen LogP contribution < -0.4 is 5.32 Å². The van der Waals surface area contributed by atoms with Gasteiger partial charge < -0.3 is 15.2 Å². The van der Waals surface area contributed by atoms with Crippen molar-refractivity contribution in [2.24, 2.45) is 0 Å². The van der Waals surface area contributed by atoms with Gasteiger partial charge in [-0.1, -0.05) is 41.9 Å². The van der Waals surface area contributed by atoms with Gasteiger partial charge in [-0.2, -0.15) is 0 Å². The molecule has 0 aliphatic carbocycles. The minimum atomic E-state index is -0.549. The zero-order chi connectivity index (χ0) is 20.6. The second-order valence-corrected chi connectivity index (χ2v) is 7.31. The van der Waals surface area contributed by atoms with Crippen LogP contribution in [0.4, 0.5) is 4.39 Å². The molecule has 1 fully saturated rings. The highest BCUT2D eigenvalue weighted by atomic mass is 35.5. The Morgan fingerprint density at radius 1 is 1.28 bits per heavy atom. The molecule has 5 nitrogen and oxygen atoms in total. The molecule has 2 aromatic carbocycles. The van der Waals surface area contributed by atoms with E-state index in [0.29, 0.717) is 5.02 Å². The van der Waals surface area contributed by atoms with Gasteiger partial charge in [0, 0.05) is 36.3 Å². The molecule has 1 heterocycles. The second-order valence-electron chi connectivity index (χ2n) is 6.88. The maximum Gasteiger partial charge on any atom is 0.244 e. The largest absolute Gasteiger partial charge is 0.394 e. The molecule has 1 saturated heterocycles. The van der Waals surface area contributed by atoms with Gasteiger partial charge in [0.25, 0.3) is 0 Å². The summed E-state index contributed by atoms with van der Waals surface area (Å²) >= 11 is 5.73. The van der Waals surface area contributed by atoms with E-state index in [1.807, 2.05) is 24.3 Å². The van der Waals surface area contributed by atoms with Gasteiger partial charge in [-0.05, 0) is 29.3 Å². The van der Waals surface area contributed by atoms with Crippen LogP contribution in [0.1, 0.15) is 22.7 Å². The molecule has 1 aliphatic rings. The Labute approximate surface area is 174 Å². The van der Waals surface area contributed by atoms with E-state index in [0.717, 1.165) is 44.0 Å². The Kier molecular flexibility index (Phi) is 7.77. The van der Waals surface area contributed by atoms with Gasteiger partial charge in [-0.3, -0.25) is 9.69 Å². The summed E-state index contributed by atoms with van der Waals surface area (Å²) in [5, 5.41) is 12.8. The van der Waals surface area contributed by atoms with Crippen LogP contribution in [0.25, 0.3) is 6.08 Å². The standard InChI is InChI=1S/C22H24ClFN2O3/c23-19-6-4-17(20(24)13-19)5-7-22(28)25-21(15-27)18-3-1-2-16(12-18)14-26-8-10-29-11-9-26/h1-7,12-13,21,27H,8-11,14-15H2,(H,25,28)/t21-/m0/s1. The molecule has 3 rings (SSSR count). The van der Waals surface area contributed by atoms with Gasteiger partial charge in [0.15, 0.2) is 0 Å². The number of rotatable bonds is 7. The molecule has 0 spiro atoms. The third-order valence-corrected chi connectivity index (χ3v) is 4.97. The molecular weight excluding hydrogens is 395 g/mol. The smallest absolute Gasteiger partial charge is 0.244 e. The highest BCUT2D eigenvalue weighted by Gasteiger charge is 2.15. The highest BCUT2D eigenvalue weighted by molar-refractivity contribution is 6.30. The average Bonchev–Trinajstić information content (AvgIpc) is 2.72. The number of aliphatic hydroxyl groups is 1. The first-order valence-corrected chi connectivity index (χ1v) is 9.86. The van der Waals surface area contributed by atoms with Crippen molar-refractivity contribution in [1.29, 1.82) is 0 Å². The number of benzene rings is 2. The molecule has 2 aromatic rings. The van der Waals surface area contributed by atoms with Gasteiger partial charge in [0.05, 0.1) is 25.9 Å². The number of carbonyl (C=O) groups excluding carboxylic acids is 1. The third-order valence-electron chi connectivity index (χ3n) is 4.74. The molecule has 1 aliphatic heterocycles. The van der Waals surface area contributed by atoms with Crippen molar-refractivity contribution in [1.82, 2.24) is 10.2 Å². The van der Waals surface area contributed by atoms with Crippen molar-refractivity contribution in [3.05, 3.63) is 76.1 Å². The van der Waals surface area contributed by atoms with E-state index in [1.54, 1.807) is 6.07 Å². The fourth-order valence-corrected chi connectivity index (χ4v) is 3.34. The van der Waals surface area contributed by atoms with E-state index in [2.05, 4.69) is 10.2 Å². The van der Waals surface area contributed by atoms with Crippen LogP contribution in [0.5, 0.6) is 0 Å². The summed E-state index contributed by atoms with van der Waals surface area (Å²) in [6.07, 6.45) is 2.62. The van der Waals surface area contributed by atoms with Crippen molar-refractivity contribution in [2.75, 3.05) is 32.9 Å². The number of nitrogens with zero attached hydrogens (tertiary/aromatic N) is 1. The molecule has 0 unspecified atom stereocenters. The molecule has 0 saturated carbocycles. The van der Waals surface area contributed by atoms with Gasteiger partial charge in [0.2, 0.25) is 5.91 Å². The van der Waals surface area contributed by atoms with Crippen LogP contribution in [-0.4, -0.2) is 48.8 Å². The molecule has 29 heavy (non-hydrogen) atoms. The topological polar surface area (TPSA) is 61.8 Å². The minimum Gasteiger partial charge on any atom is -0.394 e. The summed E-state index contributed by atoms with van der Waals surface area (Å²) in [5.74, 6) is -0.923. The molecule has 0 bridgehead atoms. The Bertz CT molecular complexity index is 869. The monoisotopic (exact) mass is 418 g/mol. The number of aliphatic hydroxyl groups excluding tert-OH is 1. The van der Waals surface area contributed by atoms with Gasteiger partial charge in [-0.15, -0.1) is 0 Å². The average molecular weight is 419 g/mol. The molecule has 1 atom stereocenters. The Balaban J connectivity index is 1.63. The number of ether oxygens (including phenoxy) is 1. The second kappa shape index (κ2) is 10.5. The van der Waals surface area contributed by atoms with E-state index < -0.39 is 17.8 Å². The number of hydrogen-bond acceptors (Lipinski definition) is 4. The number of morpholine rings is 1. The third kappa shape index (κ3) is 6.37. The fraction of sp³-hybridized carbons (Fsp3) is 0.318. The van der Waals surface area contributed by atoms with Crippen molar-refractivity contribution >= 4 is 23.6 Å². The summed E-state index contributed by atoms with van der Waals surface area (Å²) in [7, 11) is 0. The lowest BCUT2D eigenvalue weighted by atomic mass is 10.0. The quantitative estimate of drug-likeness (QED) is 0.678. The van der Waals surface area contributed by atoms with Gasteiger partial charge in [-0.25, -0.2) is 4.39 Å². The molecule has 154 valence electrons. The van der Waals surface area contributed by atoms with E-state index in [1.165, 1.54) is 24.3 Å². The highest BCUT2D eigenvalue weighted by Crippen LogP contribution is 2.18. The molecular formula is C22H24ClFN2O3. The first-order chi connectivity index (χ1) is 14.0. The predicted molar refractivity (Wildman–Crippen MR) is 111 cm³/mol. The van der Waals surface area contributed by atoms with E-state index in [4.69, 9.17) is 16.3 Å². The summed E-state index contributed by atoms with van der Waals surface area (Å²) in [4.78, 5) is 14.6. The van der Waals surface area contributed by atoms with Crippen LogP contribution in [0.3, 0.4) is 0 Å². The normalized spacial score (nSPS) is 16.1. The maximum atomic E-state index is 13.8. The first kappa shape index (κ1) is 21.5. The van der Waals surface area contributed by atoms with Gasteiger partial charge >= 0.3 is 0 Å². The molecule has 0 aromatic heterocycles. The predicted octanol–water partition coefficient (Wildman–Crippen LogP) is 3.17.